The van der Waals surface area contributed by atoms with Crippen molar-refractivity contribution in [3.63, 3.8) is 0 Å². The second-order valence-corrected chi connectivity index (χ2v) is 2.68. The van der Waals surface area contributed by atoms with Crippen molar-refractivity contribution in [1.82, 2.24) is 0 Å². The van der Waals surface area contributed by atoms with Crippen molar-refractivity contribution < 1.29 is 102 Å². The van der Waals surface area contributed by atoms with Crippen LogP contribution in [0.5, 0.6) is 0 Å². The maximum absolute atomic E-state index is 8.55. The molecule has 0 fully saturated rings. The molecule has 0 spiro atoms. The zero-order valence-electron chi connectivity index (χ0n) is 5.11. The Morgan fingerprint density at radius 2 is 0.538 bits per heavy atom. The molecule has 13 heavy (non-hydrogen) atoms. The first-order valence-electron chi connectivity index (χ1n) is 1.46. The van der Waals surface area contributed by atoms with Crippen LogP contribution in [0.4, 0.5) is 0 Å². The fourth-order valence-electron chi connectivity index (χ4n) is 0. The van der Waals surface area contributed by atoms with Crippen molar-refractivity contribution in [3.05, 3.63) is 0 Å². The first-order chi connectivity index (χ1) is 4.00. The summed E-state index contributed by atoms with van der Waals surface area (Å²) in [6.07, 6.45) is 0. The van der Waals surface area contributed by atoms with E-state index in [1.165, 1.54) is 0 Å². The maximum atomic E-state index is 8.55. The first kappa shape index (κ1) is 29.5. The molecule has 0 heterocycles. The molecule has 0 aromatic heterocycles. The molecule has 0 aliphatic rings. The summed E-state index contributed by atoms with van der Waals surface area (Å²) in [5, 5.41) is 0. The van der Waals surface area contributed by atoms with E-state index in [0.29, 0.717) is 0 Å². The van der Waals surface area contributed by atoms with Gasteiger partial charge in [-0.3, -0.25) is 0 Å². The number of hydrogen-bond donors (Lipinski definition) is 0. The SMILES string of the molecule is O=P([O-])([O-])[O-].O=P([O-])([O-])[O-].[Pt+2].[Pt+2].[Pt+2]. The van der Waals surface area contributed by atoms with Gasteiger partial charge in [0, 0.05) is 0 Å². The van der Waals surface area contributed by atoms with E-state index in [4.69, 9.17) is 38.5 Å². The molecule has 0 rings (SSSR count). The molecular weight excluding hydrogens is 775 g/mol. The van der Waals surface area contributed by atoms with Crippen LogP contribution in [-0.2, 0) is 72.3 Å². The fraction of sp³-hybridized carbons (Fsp3) is 0. The normalized spacial score (nSPS) is 9.08. The van der Waals surface area contributed by atoms with E-state index in [-0.39, 0.29) is 63.2 Å². The van der Waals surface area contributed by atoms with E-state index < -0.39 is 15.6 Å². The average Bonchev–Trinajstić information content (AvgIpc) is 1.12. The molecule has 0 saturated heterocycles. The van der Waals surface area contributed by atoms with Crippen LogP contribution >= 0.6 is 15.6 Å². The van der Waals surface area contributed by atoms with Gasteiger partial charge in [0.15, 0.2) is 0 Å². The number of hydrogen-bond acceptors (Lipinski definition) is 8. The maximum Gasteiger partial charge on any atom is 2.00 e. The molecule has 0 saturated carbocycles. The average molecular weight is 775 g/mol. The summed E-state index contributed by atoms with van der Waals surface area (Å²) >= 11 is 0. The van der Waals surface area contributed by atoms with Crippen LogP contribution in [0.15, 0.2) is 0 Å². The quantitative estimate of drug-likeness (QED) is 0.219. The summed E-state index contributed by atoms with van der Waals surface area (Å²) in [6.45, 7) is 0. The molecule has 0 amide bonds. The number of phosphoric acid groups is 2. The Morgan fingerprint density at radius 1 is 0.538 bits per heavy atom. The second kappa shape index (κ2) is 12.4. The van der Waals surface area contributed by atoms with Crippen molar-refractivity contribution in [3.8, 4) is 0 Å². The van der Waals surface area contributed by atoms with Crippen LogP contribution < -0.4 is 29.4 Å². The summed E-state index contributed by atoms with van der Waals surface area (Å²) in [4.78, 5) is 51.3. The van der Waals surface area contributed by atoms with E-state index in [1.807, 2.05) is 0 Å². The standard InChI is InChI=1S/2H3O4P.3Pt/c2*1-5(2,3)4;;;/h2*(H3,1,2,3,4);;;/q;;3*+2/p-6. The number of rotatable bonds is 0. The summed E-state index contributed by atoms with van der Waals surface area (Å²) in [5.74, 6) is 0. The first-order valence-corrected chi connectivity index (χ1v) is 4.38. The van der Waals surface area contributed by atoms with Crippen molar-refractivity contribution in [2.45, 2.75) is 0 Å². The molecule has 0 aliphatic heterocycles. The predicted molar refractivity (Wildman–Crippen MR) is 15.2 cm³/mol. The minimum absolute atomic E-state index is 0. The summed E-state index contributed by atoms with van der Waals surface area (Å²) in [6, 6.07) is 0. The van der Waals surface area contributed by atoms with E-state index in [9.17, 15) is 0 Å². The zero-order valence-corrected chi connectivity index (χ0v) is 13.7. The third kappa shape index (κ3) is 413. The Morgan fingerprint density at radius 3 is 0.538 bits per heavy atom. The summed E-state index contributed by atoms with van der Waals surface area (Å²) < 4.78 is 17.1. The van der Waals surface area contributed by atoms with Gasteiger partial charge in [-0.2, -0.15) is 15.6 Å². The molecule has 0 N–H and O–H groups in total. The molecule has 0 bridgehead atoms. The van der Waals surface area contributed by atoms with Crippen LogP contribution in [0.1, 0.15) is 0 Å². The van der Waals surface area contributed by atoms with Gasteiger partial charge in [0.2, 0.25) is 0 Å². The van der Waals surface area contributed by atoms with Crippen molar-refractivity contribution in [2.75, 3.05) is 0 Å². The zero-order chi connectivity index (χ0) is 9.00. The third-order valence-electron chi connectivity index (χ3n) is 0. The van der Waals surface area contributed by atoms with E-state index in [1.54, 1.807) is 0 Å². The molecule has 8 nitrogen and oxygen atoms in total. The molecule has 0 aliphatic carbocycles. The monoisotopic (exact) mass is 775 g/mol. The second-order valence-electron chi connectivity index (χ2n) is 0.894. The van der Waals surface area contributed by atoms with Crippen LogP contribution in [0.25, 0.3) is 0 Å². The summed E-state index contributed by atoms with van der Waals surface area (Å²) in [7, 11) is -10.8. The Kier molecular flexibility index (Phi) is 28.0. The summed E-state index contributed by atoms with van der Waals surface area (Å²) in [5.41, 5.74) is 0. The molecule has 0 aromatic rings. The molecule has 88 valence electrons. The predicted octanol–water partition coefficient (Wildman–Crippen LogP) is -5.66. The van der Waals surface area contributed by atoms with Crippen LogP contribution in [-0.4, -0.2) is 0 Å². The van der Waals surface area contributed by atoms with Crippen molar-refractivity contribution >= 4 is 15.6 Å². The Hall–Kier alpha value is 2.28. The van der Waals surface area contributed by atoms with Gasteiger partial charge in [-0.1, -0.05) is 0 Å². The topological polar surface area (TPSA) is 172 Å². The molecular formula is O8P2Pt3. The minimum atomic E-state index is -5.39. The van der Waals surface area contributed by atoms with Gasteiger partial charge in [0.1, 0.15) is 0 Å². The van der Waals surface area contributed by atoms with Gasteiger partial charge in [-0.15, -0.1) is 0 Å². The fourth-order valence-corrected chi connectivity index (χ4v) is 0. The van der Waals surface area contributed by atoms with Gasteiger partial charge in [0.25, 0.3) is 0 Å². The Labute approximate surface area is 116 Å². The van der Waals surface area contributed by atoms with Crippen LogP contribution in [0, 0.1) is 0 Å². The van der Waals surface area contributed by atoms with E-state index in [2.05, 4.69) is 0 Å². The third-order valence-corrected chi connectivity index (χ3v) is 0. The largest absolute Gasteiger partial charge is 2.00 e. The molecule has 0 aromatic carbocycles. The van der Waals surface area contributed by atoms with Gasteiger partial charge < -0.3 is 38.5 Å². The molecule has 0 radical (unpaired) electrons. The van der Waals surface area contributed by atoms with Crippen molar-refractivity contribution in [2.24, 2.45) is 0 Å². The smallest absolute Gasteiger partial charge is 0.822 e. The van der Waals surface area contributed by atoms with Gasteiger partial charge >= 0.3 is 63.2 Å². The minimum Gasteiger partial charge on any atom is -0.822 e. The van der Waals surface area contributed by atoms with Crippen LogP contribution in [0.2, 0.25) is 0 Å². The van der Waals surface area contributed by atoms with Crippen LogP contribution in [0.3, 0.4) is 0 Å². The van der Waals surface area contributed by atoms with Gasteiger partial charge in [0.05, 0.1) is 0 Å². The Balaban J connectivity index is -0.0000000267. The molecule has 0 unspecified atom stereocenters. The van der Waals surface area contributed by atoms with Crippen molar-refractivity contribution in [1.29, 1.82) is 0 Å². The molecule has 0 atom stereocenters. The van der Waals surface area contributed by atoms with Gasteiger partial charge in [-0.05, 0) is 0 Å². The Bertz CT molecular complexity index is 130. The van der Waals surface area contributed by atoms with E-state index in [0.717, 1.165) is 0 Å². The molecule has 13 heteroatoms. The van der Waals surface area contributed by atoms with Gasteiger partial charge in [-0.25, -0.2) is 0 Å². The van der Waals surface area contributed by atoms with E-state index >= 15 is 0 Å².